The average Bonchev–Trinajstić information content (AvgIpc) is 3.10. The van der Waals surface area contributed by atoms with Crippen molar-refractivity contribution in [1.29, 1.82) is 5.26 Å². The van der Waals surface area contributed by atoms with Crippen LogP contribution < -0.4 is 4.74 Å². The number of nitrogens with one attached hydrogen (secondary N) is 1. The van der Waals surface area contributed by atoms with Crippen molar-refractivity contribution in [2.24, 2.45) is 0 Å². The van der Waals surface area contributed by atoms with E-state index in [-0.39, 0.29) is 0 Å². The maximum atomic E-state index is 8.85. The number of aromatic nitrogens is 2. The lowest BCUT2D eigenvalue weighted by atomic mass is 10.1. The van der Waals surface area contributed by atoms with E-state index >= 15 is 0 Å². The molecule has 4 heteroatoms. The van der Waals surface area contributed by atoms with Crippen LogP contribution in [0.1, 0.15) is 16.7 Å². The van der Waals surface area contributed by atoms with Crippen molar-refractivity contribution in [2.75, 3.05) is 0 Å². The molecule has 0 saturated carbocycles. The van der Waals surface area contributed by atoms with Crippen LogP contribution in [0.5, 0.6) is 5.75 Å². The van der Waals surface area contributed by atoms with Crippen molar-refractivity contribution < 1.29 is 4.74 Å². The first kappa shape index (κ1) is 15.9. The van der Waals surface area contributed by atoms with Crippen LogP contribution in [-0.2, 0) is 6.61 Å². The molecule has 0 aliphatic rings. The van der Waals surface area contributed by atoms with Gasteiger partial charge in [0.1, 0.15) is 18.2 Å². The van der Waals surface area contributed by atoms with Gasteiger partial charge in [0.2, 0.25) is 0 Å². The second-order valence-electron chi connectivity index (χ2n) is 6.23. The zero-order chi connectivity index (χ0) is 17.9. The largest absolute Gasteiger partial charge is 0.489 e. The lowest BCUT2D eigenvalue weighted by Crippen LogP contribution is -1.95. The van der Waals surface area contributed by atoms with Crippen molar-refractivity contribution in [3.63, 3.8) is 0 Å². The van der Waals surface area contributed by atoms with Crippen LogP contribution in [-0.4, -0.2) is 9.97 Å². The van der Waals surface area contributed by atoms with Crippen LogP contribution in [0.4, 0.5) is 0 Å². The number of aryl methyl sites for hydroxylation is 1. The van der Waals surface area contributed by atoms with Gasteiger partial charge in [-0.2, -0.15) is 5.26 Å². The van der Waals surface area contributed by atoms with Gasteiger partial charge < -0.3 is 9.72 Å². The van der Waals surface area contributed by atoms with Crippen molar-refractivity contribution in [2.45, 2.75) is 13.5 Å². The second-order valence-corrected chi connectivity index (χ2v) is 6.23. The zero-order valence-corrected chi connectivity index (χ0v) is 14.4. The zero-order valence-electron chi connectivity index (χ0n) is 14.4. The first-order valence-corrected chi connectivity index (χ1v) is 8.40. The van der Waals surface area contributed by atoms with Gasteiger partial charge in [0, 0.05) is 5.56 Å². The average molecular weight is 339 g/mol. The monoisotopic (exact) mass is 339 g/mol. The van der Waals surface area contributed by atoms with Crippen molar-refractivity contribution in [3.8, 4) is 23.2 Å². The molecule has 4 aromatic rings. The number of H-pyrrole nitrogens is 1. The minimum Gasteiger partial charge on any atom is -0.489 e. The molecule has 0 bridgehead atoms. The molecular weight excluding hydrogens is 322 g/mol. The van der Waals surface area contributed by atoms with E-state index in [4.69, 9.17) is 10.00 Å². The van der Waals surface area contributed by atoms with Gasteiger partial charge in [-0.3, -0.25) is 0 Å². The highest BCUT2D eigenvalue weighted by Gasteiger charge is 2.07. The molecule has 3 aromatic carbocycles. The molecule has 1 heterocycles. The SMILES string of the molecule is Cc1ccc2nc(-c3cccc(OCc4ccc(C#N)cc4)c3)[nH]c2c1. The van der Waals surface area contributed by atoms with E-state index in [0.29, 0.717) is 12.2 Å². The van der Waals surface area contributed by atoms with Crippen molar-refractivity contribution in [1.82, 2.24) is 9.97 Å². The fraction of sp³-hybridized carbons (Fsp3) is 0.0909. The predicted octanol–water partition coefficient (Wildman–Crippen LogP) is 4.99. The van der Waals surface area contributed by atoms with Crippen LogP contribution in [0.25, 0.3) is 22.4 Å². The molecule has 4 rings (SSSR count). The topological polar surface area (TPSA) is 61.7 Å². The quantitative estimate of drug-likeness (QED) is 0.570. The molecule has 0 atom stereocenters. The Morgan fingerprint density at radius 2 is 1.88 bits per heavy atom. The van der Waals surface area contributed by atoms with Crippen LogP contribution >= 0.6 is 0 Å². The maximum absolute atomic E-state index is 8.85. The molecule has 0 unspecified atom stereocenters. The molecule has 0 aliphatic carbocycles. The Balaban J connectivity index is 1.54. The van der Waals surface area contributed by atoms with E-state index in [0.717, 1.165) is 33.7 Å². The Hall–Kier alpha value is -3.58. The van der Waals surface area contributed by atoms with Crippen molar-refractivity contribution >= 4 is 11.0 Å². The number of hydrogen-bond acceptors (Lipinski definition) is 3. The summed E-state index contributed by atoms with van der Waals surface area (Å²) in [6.45, 7) is 2.52. The van der Waals surface area contributed by atoms with Crippen LogP contribution in [0.15, 0.2) is 66.7 Å². The molecule has 4 nitrogen and oxygen atoms in total. The predicted molar refractivity (Wildman–Crippen MR) is 102 cm³/mol. The number of rotatable bonds is 4. The maximum Gasteiger partial charge on any atom is 0.138 e. The molecule has 1 N–H and O–H groups in total. The Morgan fingerprint density at radius 3 is 2.69 bits per heavy atom. The van der Waals surface area contributed by atoms with E-state index in [1.165, 1.54) is 5.56 Å². The standard InChI is InChI=1S/C22H17N3O/c1-15-5-10-20-21(11-15)25-22(24-20)18-3-2-4-19(12-18)26-14-17-8-6-16(13-23)7-9-17/h2-12H,14H2,1H3,(H,24,25). The van der Waals surface area contributed by atoms with E-state index in [9.17, 15) is 0 Å². The molecular formula is C22H17N3O. The van der Waals surface area contributed by atoms with Crippen LogP contribution in [0, 0.1) is 18.3 Å². The van der Waals surface area contributed by atoms with E-state index in [1.54, 1.807) is 12.1 Å². The second kappa shape index (κ2) is 6.73. The van der Waals surface area contributed by atoms with Gasteiger partial charge in [-0.1, -0.05) is 30.3 Å². The normalized spacial score (nSPS) is 10.6. The first-order chi connectivity index (χ1) is 12.7. The number of nitriles is 1. The number of fused-ring (bicyclic) bond motifs is 1. The highest BCUT2D eigenvalue weighted by Crippen LogP contribution is 2.25. The third-order valence-corrected chi connectivity index (χ3v) is 4.23. The fourth-order valence-corrected chi connectivity index (χ4v) is 2.84. The van der Waals surface area contributed by atoms with Gasteiger partial charge in [0.25, 0.3) is 0 Å². The summed E-state index contributed by atoms with van der Waals surface area (Å²) in [6.07, 6.45) is 0. The minimum atomic E-state index is 0.453. The Labute approximate surface area is 151 Å². The molecule has 0 spiro atoms. The lowest BCUT2D eigenvalue weighted by molar-refractivity contribution is 0.306. The summed E-state index contributed by atoms with van der Waals surface area (Å²) < 4.78 is 5.90. The number of ether oxygens (including phenoxy) is 1. The number of hydrogen-bond donors (Lipinski definition) is 1. The molecule has 0 saturated heterocycles. The van der Waals surface area contributed by atoms with Gasteiger partial charge in [-0.25, -0.2) is 4.98 Å². The third kappa shape index (κ3) is 3.28. The highest BCUT2D eigenvalue weighted by atomic mass is 16.5. The number of imidazole rings is 1. The fourth-order valence-electron chi connectivity index (χ4n) is 2.84. The van der Waals surface area contributed by atoms with Gasteiger partial charge in [-0.05, 0) is 54.4 Å². The first-order valence-electron chi connectivity index (χ1n) is 8.40. The van der Waals surface area contributed by atoms with E-state index in [2.05, 4.69) is 35.1 Å². The van der Waals surface area contributed by atoms with Gasteiger partial charge >= 0.3 is 0 Å². The molecule has 126 valence electrons. The molecule has 1 aromatic heterocycles. The molecule has 0 fully saturated rings. The van der Waals surface area contributed by atoms with E-state index < -0.39 is 0 Å². The summed E-state index contributed by atoms with van der Waals surface area (Å²) >= 11 is 0. The van der Waals surface area contributed by atoms with Gasteiger partial charge in [0.05, 0.1) is 22.7 Å². The Kier molecular flexibility index (Phi) is 4.12. The van der Waals surface area contributed by atoms with Crippen LogP contribution in [0.2, 0.25) is 0 Å². The van der Waals surface area contributed by atoms with E-state index in [1.807, 2.05) is 42.5 Å². The van der Waals surface area contributed by atoms with Gasteiger partial charge in [0.15, 0.2) is 0 Å². The molecule has 26 heavy (non-hydrogen) atoms. The summed E-state index contributed by atoms with van der Waals surface area (Å²) in [5, 5.41) is 8.85. The Bertz CT molecular complexity index is 1100. The van der Waals surface area contributed by atoms with Gasteiger partial charge in [-0.15, -0.1) is 0 Å². The van der Waals surface area contributed by atoms with Crippen LogP contribution in [0.3, 0.4) is 0 Å². The summed E-state index contributed by atoms with van der Waals surface area (Å²) in [5.74, 6) is 1.61. The highest BCUT2D eigenvalue weighted by molar-refractivity contribution is 5.80. The number of nitrogens with zero attached hydrogens (tertiary/aromatic N) is 2. The minimum absolute atomic E-state index is 0.453. The molecule has 0 aliphatic heterocycles. The summed E-state index contributed by atoms with van der Waals surface area (Å²) in [6, 6.07) is 23.6. The number of aromatic amines is 1. The summed E-state index contributed by atoms with van der Waals surface area (Å²) in [5.41, 5.74) is 5.84. The number of benzene rings is 3. The summed E-state index contributed by atoms with van der Waals surface area (Å²) in [7, 11) is 0. The summed E-state index contributed by atoms with van der Waals surface area (Å²) in [4.78, 5) is 8.03. The smallest absolute Gasteiger partial charge is 0.138 e. The lowest BCUT2D eigenvalue weighted by Gasteiger charge is -2.07. The molecule has 0 amide bonds. The molecule has 0 radical (unpaired) electrons. The Morgan fingerprint density at radius 1 is 1.04 bits per heavy atom. The third-order valence-electron chi connectivity index (χ3n) is 4.23. The van der Waals surface area contributed by atoms with Crippen molar-refractivity contribution in [3.05, 3.63) is 83.4 Å².